The van der Waals surface area contributed by atoms with E-state index in [1.807, 2.05) is 0 Å². The van der Waals surface area contributed by atoms with E-state index in [4.69, 9.17) is 4.74 Å². The van der Waals surface area contributed by atoms with Crippen molar-refractivity contribution in [2.45, 2.75) is 12.8 Å². The first-order chi connectivity index (χ1) is 10.5. The summed E-state index contributed by atoms with van der Waals surface area (Å²) in [5, 5.41) is 0. The third-order valence-corrected chi connectivity index (χ3v) is 4.33. The van der Waals surface area contributed by atoms with Crippen molar-refractivity contribution in [1.29, 1.82) is 0 Å². The molecule has 1 heterocycles. The van der Waals surface area contributed by atoms with Gasteiger partial charge < -0.3 is 4.74 Å². The van der Waals surface area contributed by atoms with Crippen LogP contribution in [0.15, 0.2) is 34.8 Å². The van der Waals surface area contributed by atoms with Crippen molar-refractivity contribution in [3.63, 3.8) is 0 Å². The molecule has 0 aromatic heterocycles. The van der Waals surface area contributed by atoms with E-state index >= 15 is 0 Å². The number of nitrogens with zero attached hydrogens (tertiary/aromatic N) is 1. The molecule has 1 amide bonds. The maximum atomic E-state index is 14.1. The first-order valence-corrected chi connectivity index (χ1v) is 7.45. The number of hydrogen-bond donors (Lipinski definition) is 0. The molecule has 22 heavy (non-hydrogen) atoms. The number of benzene rings is 2. The molecule has 1 aliphatic heterocycles. The van der Waals surface area contributed by atoms with E-state index in [9.17, 15) is 13.6 Å². The highest BCUT2D eigenvalue weighted by Gasteiger charge is 2.31. The lowest BCUT2D eigenvalue weighted by atomic mass is 10.00. The van der Waals surface area contributed by atoms with Crippen molar-refractivity contribution in [3.05, 3.63) is 52.0 Å². The minimum absolute atomic E-state index is 0.186. The first kappa shape index (κ1) is 15.0. The van der Waals surface area contributed by atoms with Crippen LogP contribution in [0.1, 0.15) is 12.0 Å². The first-order valence-electron chi connectivity index (χ1n) is 6.66. The molecule has 0 radical (unpaired) electrons. The average Bonchev–Trinajstić information content (AvgIpc) is 2.48. The van der Waals surface area contributed by atoms with E-state index in [1.54, 1.807) is 12.1 Å². The summed E-state index contributed by atoms with van der Waals surface area (Å²) < 4.78 is 34.1. The van der Waals surface area contributed by atoms with Gasteiger partial charge >= 0.3 is 0 Å². The molecular formula is C16H12BrF2NO2. The maximum Gasteiger partial charge on any atom is 0.232 e. The smallest absolute Gasteiger partial charge is 0.232 e. The van der Waals surface area contributed by atoms with Gasteiger partial charge in [-0.05, 0) is 30.2 Å². The van der Waals surface area contributed by atoms with E-state index in [-0.39, 0.29) is 18.0 Å². The highest BCUT2D eigenvalue weighted by atomic mass is 79.9. The Morgan fingerprint density at radius 3 is 2.50 bits per heavy atom. The second-order valence-electron chi connectivity index (χ2n) is 4.91. The Balaban J connectivity index is 2.26. The van der Waals surface area contributed by atoms with Crippen LogP contribution >= 0.6 is 15.9 Å². The predicted octanol–water partition coefficient (Wildman–Crippen LogP) is 4.35. The van der Waals surface area contributed by atoms with Crippen molar-refractivity contribution < 1.29 is 18.3 Å². The lowest BCUT2D eigenvalue weighted by Gasteiger charge is -2.31. The van der Waals surface area contributed by atoms with Gasteiger partial charge in [-0.3, -0.25) is 9.69 Å². The number of rotatable bonds is 2. The Morgan fingerprint density at radius 1 is 1.18 bits per heavy atom. The molecule has 6 heteroatoms. The third kappa shape index (κ3) is 2.37. The van der Waals surface area contributed by atoms with E-state index < -0.39 is 11.6 Å². The van der Waals surface area contributed by atoms with Crippen LogP contribution in [0, 0.1) is 11.6 Å². The van der Waals surface area contributed by atoms with Gasteiger partial charge in [-0.1, -0.05) is 22.0 Å². The van der Waals surface area contributed by atoms with Crippen LogP contribution in [0.4, 0.5) is 20.2 Å². The maximum absolute atomic E-state index is 14.1. The summed E-state index contributed by atoms with van der Waals surface area (Å²) in [6.45, 7) is 0. The molecule has 114 valence electrons. The molecule has 0 fully saturated rings. The third-order valence-electron chi connectivity index (χ3n) is 3.62. The molecule has 1 aliphatic rings. The minimum Gasteiger partial charge on any atom is -0.497 e. The fourth-order valence-electron chi connectivity index (χ4n) is 2.59. The summed E-state index contributed by atoms with van der Waals surface area (Å²) in [6.07, 6.45) is 0.691. The molecule has 0 atom stereocenters. The van der Waals surface area contributed by atoms with E-state index in [0.717, 1.165) is 27.1 Å². The van der Waals surface area contributed by atoms with E-state index in [2.05, 4.69) is 15.9 Å². The van der Waals surface area contributed by atoms with Gasteiger partial charge in [0.2, 0.25) is 5.91 Å². The van der Waals surface area contributed by atoms with Gasteiger partial charge in [-0.25, -0.2) is 8.78 Å². The van der Waals surface area contributed by atoms with Gasteiger partial charge in [-0.15, -0.1) is 0 Å². The number of anilines is 2. The van der Waals surface area contributed by atoms with Gasteiger partial charge in [0, 0.05) is 17.0 Å². The predicted molar refractivity (Wildman–Crippen MR) is 82.5 cm³/mol. The number of amides is 1. The number of halogens is 3. The summed E-state index contributed by atoms with van der Waals surface area (Å²) in [5.41, 5.74) is 0.906. The number of para-hydroxylation sites is 1. The molecule has 3 rings (SSSR count). The molecule has 0 N–H and O–H groups in total. The second kappa shape index (κ2) is 5.68. The Hall–Kier alpha value is -1.95. The van der Waals surface area contributed by atoms with Gasteiger partial charge in [0.25, 0.3) is 0 Å². The van der Waals surface area contributed by atoms with Crippen molar-refractivity contribution in [2.75, 3.05) is 12.0 Å². The largest absolute Gasteiger partial charge is 0.497 e. The van der Waals surface area contributed by atoms with Crippen molar-refractivity contribution in [3.8, 4) is 5.75 Å². The normalized spacial score (nSPS) is 14.0. The van der Waals surface area contributed by atoms with Gasteiger partial charge in [0.15, 0.2) is 0 Å². The molecule has 0 unspecified atom stereocenters. The summed E-state index contributed by atoms with van der Waals surface area (Å²) in [4.78, 5) is 13.4. The minimum atomic E-state index is -0.778. The van der Waals surface area contributed by atoms with Crippen LogP contribution in [0.3, 0.4) is 0 Å². The van der Waals surface area contributed by atoms with Crippen LogP contribution < -0.4 is 9.64 Å². The van der Waals surface area contributed by atoms with Gasteiger partial charge in [0.1, 0.15) is 23.1 Å². The quantitative estimate of drug-likeness (QED) is 0.789. The summed E-state index contributed by atoms with van der Waals surface area (Å²) in [5.74, 6) is -1.40. The number of methoxy groups -OCH3 is 1. The fraction of sp³-hybridized carbons (Fsp3) is 0.188. The number of fused-ring (bicyclic) bond motifs is 1. The van der Waals surface area contributed by atoms with Gasteiger partial charge in [0.05, 0.1) is 12.8 Å². The van der Waals surface area contributed by atoms with Crippen LogP contribution in [0.25, 0.3) is 0 Å². The van der Waals surface area contributed by atoms with Crippen LogP contribution in [0.2, 0.25) is 0 Å². The van der Waals surface area contributed by atoms with Crippen molar-refractivity contribution >= 4 is 33.2 Å². The molecule has 3 nitrogen and oxygen atoms in total. The van der Waals surface area contributed by atoms with Crippen molar-refractivity contribution in [2.24, 2.45) is 0 Å². The lowest BCUT2D eigenvalue weighted by molar-refractivity contribution is -0.118. The Bertz CT molecular complexity index is 744. The van der Waals surface area contributed by atoms with Crippen molar-refractivity contribution in [1.82, 2.24) is 0 Å². The molecule has 2 aromatic rings. The average molecular weight is 368 g/mol. The molecule has 0 bridgehead atoms. The Kier molecular flexibility index (Phi) is 3.87. The summed E-state index contributed by atoms with van der Waals surface area (Å²) >= 11 is 3.43. The van der Waals surface area contributed by atoms with Crippen LogP contribution in [-0.4, -0.2) is 13.0 Å². The highest BCUT2D eigenvalue weighted by molar-refractivity contribution is 9.10. The molecule has 0 saturated heterocycles. The van der Waals surface area contributed by atoms with Gasteiger partial charge in [-0.2, -0.15) is 0 Å². The number of carbonyl (C=O) groups excluding carboxylic acids is 1. The van der Waals surface area contributed by atoms with Crippen LogP contribution in [-0.2, 0) is 11.2 Å². The van der Waals surface area contributed by atoms with E-state index in [1.165, 1.54) is 13.2 Å². The van der Waals surface area contributed by atoms with E-state index in [0.29, 0.717) is 17.9 Å². The second-order valence-corrected chi connectivity index (χ2v) is 5.76. The molecular weight excluding hydrogens is 356 g/mol. The molecule has 0 aliphatic carbocycles. The fourth-order valence-corrected chi connectivity index (χ4v) is 3.22. The standard InChI is InChI=1S/C16H12BrF2NO2/c1-22-9-7-11(17)10-5-6-15(21)20(14(10)8-9)16-12(18)3-2-4-13(16)19/h2-4,7-8H,5-6H2,1H3. The molecule has 0 saturated carbocycles. The Labute approximate surface area is 134 Å². The summed E-state index contributed by atoms with van der Waals surface area (Å²) in [7, 11) is 1.49. The zero-order chi connectivity index (χ0) is 15.9. The number of carbonyl (C=O) groups is 1. The zero-order valence-corrected chi connectivity index (χ0v) is 13.3. The zero-order valence-electron chi connectivity index (χ0n) is 11.7. The topological polar surface area (TPSA) is 29.5 Å². The Morgan fingerprint density at radius 2 is 1.86 bits per heavy atom. The molecule has 2 aromatic carbocycles. The summed E-state index contributed by atoms with van der Waals surface area (Å²) in [6, 6.07) is 6.92. The number of ether oxygens (including phenoxy) is 1. The highest BCUT2D eigenvalue weighted by Crippen LogP contribution is 2.42. The van der Waals surface area contributed by atoms with Crippen LogP contribution in [0.5, 0.6) is 5.75 Å². The molecule has 0 spiro atoms. The monoisotopic (exact) mass is 367 g/mol. The lowest BCUT2D eigenvalue weighted by Crippen LogP contribution is -2.32. The SMILES string of the molecule is COc1cc(Br)c2c(c1)N(c1c(F)cccc1F)C(=O)CC2. The number of hydrogen-bond acceptors (Lipinski definition) is 2.